The summed E-state index contributed by atoms with van der Waals surface area (Å²) in [5, 5.41) is 0. The van der Waals surface area contributed by atoms with E-state index in [9.17, 15) is 9.18 Å². The van der Waals surface area contributed by atoms with Gasteiger partial charge in [-0.15, -0.1) is 0 Å². The summed E-state index contributed by atoms with van der Waals surface area (Å²) in [6.45, 7) is 10.8. The van der Waals surface area contributed by atoms with Crippen LogP contribution in [-0.2, 0) is 9.47 Å². The number of hydrogen-bond acceptors (Lipinski definition) is 5. The van der Waals surface area contributed by atoms with E-state index in [1.54, 1.807) is 24.1 Å². The van der Waals surface area contributed by atoms with Gasteiger partial charge in [0.15, 0.2) is 0 Å². The molecule has 1 fully saturated rings. The van der Waals surface area contributed by atoms with Crippen molar-refractivity contribution in [1.29, 1.82) is 0 Å². The Bertz CT molecular complexity index is 854. The van der Waals surface area contributed by atoms with Gasteiger partial charge in [0.1, 0.15) is 11.4 Å². The number of amides is 1. The van der Waals surface area contributed by atoms with Crippen LogP contribution in [0.15, 0.2) is 36.8 Å². The van der Waals surface area contributed by atoms with Gasteiger partial charge in [0, 0.05) is 39.5 Å². The van der Waals surface area contributed by atoms with Crippen molar-refractivity contribution >= 4 is 6.09 Å². The van der Waals surface area contributed by atoms with Crippen molar-refractivity contribution in [2.24, 2.45) is 0 Å². The van der Waals surface area contributed by atoms with Crippen LogP contribution >= 0.6 is 0 Å². The number of methoxy groups -OCH3 is 1. The van der Waals surface area contributed by atoms with E-state index in [0.717, 1.165) is 11.3 Å². The van der Waals surface area contributed by atoms with E-state index in [-0.39, 0.29) is 24.0 Å². The molecule has 1 aromatic carbocycles. The molecule has 1 aliphatic rings. The van der Waals surface area contributed by atoms with E-state index in [4.69, 9.17) is 9.47 Å². The molecule has 1 aromatic heterocycles. The number of benzene rings is 1. The molecule has 0 N–H and O–H groups in total. The standard InChI is InChI=1S/C23H33FN4O3/c1-17(18-6-8-19(24)9-7-18)28-16-25-14-20(28)21(15-30-5)26-10-12-27(13-11-26)22(29)31-23(2,3)4/h6-9,14,16-17,21H,10-13,15H2,1-5H3/t17-,21?/m1/s1. The molecule has 1 amide bonds. The van der Waals surface area contributed by atoms with Crippen LogP contribution in [0, 0.1) is 5.82 Å². The first kappa shape index (κ1) is 23.2. The Morgan fingerprint density at radius 2 is 1.81 bits per heavy atom. The predicted octanol–water partition coefficient (Wildman–Crippen LogP) is 3.87. The van der Waals surface area contributed by atoms with Crippen molar-refractivity contribution in [2.45, 2.75) is 45.4 Å². The number of ether oxygens (including phenoxy) is 2. The fraction of sp³-hybridized carbons (Fsp3) is 0.565. The second kappa shape index (κ2) is 9.78. The first-order chi connectivity index (χ1) is 14.7. The highest BCUT2D eigenvalue weighted by molar-refractivity contribution is 5.68. The molecule has 0 saturated carbocycles. The van der Waals surface area contributed by atoms with E-state index in [1.165, 1.54) is 12.1 Å². The summed E-state index contributed by atoms with van der Waals surface area (Å²) in [4.78, 5) is 20.8. The van der Waals surface area contributed by atoms with Crippen molar-refractivity contribution in [3.05, 3.63) is 53.9 Å². The Morgan fingerprint density at radius 1 is 1.16 bits per heavy atom. The molecule has 0 radical (unpaired) electrons. The van der Waals surface area contributed by atoms with E-state index >= 15 is 0 Å². The van der Waals surface area contributed by atoms with E-state index in [0.29, 0.717) is 32.8 Å². The van der Waals surface area contributed by atoms with Crippen molar-refractivity contribution in [1.82, 2.24) is 19.4 Å². The van der Waals surface area contributed by atoms with Crippen LogP contribution < -0.4 is 0 Å². The molecular weight excluding hydrogens is 399 g/mol. The van der Waals surface area contributed by atoms with Gasteiger partial charge >= 0.3 is 6.09 Å². The topological polar surface area (TPSA) is 59.8 Å². The summed E-state index contributed by atoms with van der Waals surface area (Å²) < 4.78 is 26.5. The molecular formula is C23H33FN4O3. The normalized spacial score (nSPS) is 17.4. The average molecular weight is 433 g/mol. The maximum Gasteiger partial charge on any atom is 0.410 e. The molecule has 0 aliphatic carbocycles. The first-order valence-electron chi connectivity index (χ1n) is 10.7. The molecule has 1 unspecified atom stereocenters. The highest BCUT2D eigenvalue weighted by atomic mass is 19.1. The minimum Gasteiger partial charge on any atom is -0.444 e. The number of rotatable bonds is 6. The zero-order chi connectivity index (χ0) is 22.6. The quantitative estimate of drug-likeness (QED) is 0.694. The fourth-order valence-electron chi connectivity index (χ4n) is 3.88. The van der Waals surface area contributed by atoms with Crippen molar-refractivity contribution < 1.29 is 18.7 Å². The Balaban J connectivity index is 1.73. The summed E-state index contributed by atoms with van der Waals surface area (Å²) in [6.07, 6.45) is 3.40. The van der Waals surface area contributed by atoms with Gasteiger partial charge < -0.3 is 18.9 Å². The lowest BCUT2D eigenvalue weighted by Crippen LogP contribution is -2.51. The second-order valence-electron chi connectivity index (χ2n) is 8.93. The first-order valence-corrected chi connectivity index (χ1v) is 10.7. The van der Waals surface area contributed by atoms with E-state index in [1.807, 2.05) is 33.3 Å². The lowest BCUT2D eigenvalue weighted by atomic mass is 10.1. The highest BCUT2D eigenvalue weighted by Gasteiger charge is 2.31. The van der Waals surface area contributed by atoms with Crippen molar-refractivity contribution in [3.63, 3.8) is 0 Å². The summed E-state index contributed by atoms with van der Waals surface area (Å²) in [6, 6.07) is 6.55. The fourth-order valence-corrected chi connectivity index (χ4v) is 3.88. The molecule has 1 saturated heterocycles. The lowest BCUT2D eigenvalue weighted by Gasteiger charge is -2.39. The third-order valence-electron chi connectivity index (χ3n) is 5.54. The molecule has 1 aliphatic heterocycles. The van der Waals surface area contributed by atoms with Crippen LogP contribution in [0.3, 0.4) is 0 Å². The monoisotopic (exact) mass is 432 g/mol. The van der Waals surface area contributed by atoms with Gasteiger partial charge in [0.25, 0.3) is 0 Å². The van der Waals surface area contributed by atoms with Gasteiger partial charge in [-0.3, -0.25) is 4.90 Å². The Morgan fingerprint density at radius 3 is 2.39 bits per heavy atom. The van der Waals surface area contributed by atoms with Crippen molar-refractivity contribution in [2.75, 3.05) is 39.9 Å². The van der Waals surface area contributed by atoms with Crippen LogP contribution in [-0.4, -0.2) is 70.9 Å². The summed E-state index contributed by atoms with van der Waals surface area (Å²) >= 11 is 0. The number of piperazine rings is 1. The van der Waals surface area contributed by atoms with Crippen molar-refractivity contribution in [3.8, 4) is 0 Å². The van der Waals surface area contributed by atoms with Gasteiger partial charge in [0.05, 0.1) is 30.7 Å². The smallest absolute Gasteiger partial charge is 0.410 e. The summed E-state index contributed by atoms with van der Waals surface area (Å²) in [5.74, 6) is -0.248. The molecule has 8 heteroatoms. The molecule has 2 aromatic rings. The number of nitrogens with zero attached hydrogens (tertiary/aromatic N) is 4. The molecule has 7 nitrogen and oxygen atoms in total. The van der Waals surface area contributed by atoms with E-state index in [2.05, 4.69) is 21.4 Å². The van der Waals surface area contributed by atoms with Gasteiger partial charge in [-0.05, 0) is 45.4 Å². The SMILES string of the molecule is COCC(c1cncn1[C@H](C)c1ccc(F)cc1)N1CCN(C(=O)OC(C)(C)C)CC1. The highest BCUT2D eigenvalue weighted by Crippen LogP contribution is 2.28. The molecule has 3 rings (SSSR count). The number of halogens is 1. The molecule has 0 bridgehead atoms. The van der Waals surface area contributed by atoms with Gasteiger partial charge in [-0.2, -0.15) is 0 Å². The van der Waals surface area contributed by atoms with Crippen LogP contribution in [0.1, 0.15) is 51.0 Å². The van der Waals surface area contributed by atoms with Gasteiger partial charge in [0.2, 0.25) is 0 Å². The zero-order valence-corrected chi connectivity index (χ0v) is 19.0. The van der Waals surface area contributed by atoms with Crippen LogP contribution in [0.2, 0.25) is 0 Å². The zero-order valence-electron chi connectivity index (χ0n) is 19.0. The Hall–Kier alpha value is -2.45. The minimum atomic E-state index is -0.504. The molecule has 170 valence electrons. The number of hydrogen-bond donors (Lipinski definition) is 0. The average Bonchev–Trinajstić information content (AvgIpc) is 3.20. The second-order valence-corrected chi connectivity index (χ2v) is 8.93. The third-order valence-corrected chi connectivity index (χ3v) is 5.54. The number of aromatic nitrogens is 2. The summed E-state index contributed by atoms with van der Waals surface area (Å²) in [7, 11) is 1.69. The number of carbonyl (C=O) groups excluding carboxylic acids is 1. The van der Waals surface area contributed by atoms with Gasteiger partial charge in [-0.1, -0.05) is 12.1 Å². The number of imidazole rings is 1. The Labute approximate surface area is 183 Å². The van der Waals surface area contributed by atoms with E-state index < -0.39 is 5.60 Å². The van der Waals surface area contributed by atoms with Crippen LogP contribution in [0.25, 0.3) is 0 Å². The molecule has 2 heterocycles. The molecule has 2 atom stereocenters. The summed E-state index contributed by atoms with van der Waals surface area (Å²) in [5.41, 5.74) is 1.53. The molecule has 31 heavy (non-hydrogen) atoms. The molecule has 0 spiro atoms. The van der Waals surface area contributed by atoms with Crippen LogP contribution in [0.4, 0.5) is 9.18 Å². The predicted molar refractivity (Wildman–Crippen MR) is 116 cm³/mol. The third kappa shape index (κ3) is 5.83. The number of carbonyl (C=O) groups is 1. The Kier molecular flexibility index (Phi) is 7.33. The minimum absolute atomic E-state index is 0.000471. The van der Waals surface area contributed by atoms with Crippen LogP contribution in [0.5, 0.6) is 0 Å². The maximum atomic E-state index is 13.3. The largest absolute Gasteiger partial charge is 0.444 e. The maximum absolute atomic E-state index is 13.3. The lowest BCUT2D eigenvalue weighted by molar-refractivity contribution is 0.00325. The van der Waals surface area contributed by atoms with Gasteiger partial charge in [-0.25, -0.2) is 14.2 Å².